The standard InChI is InChI=1S/C25H29N3O3/c1-17(19-3-2-8-26-15-19)13-18-4-5-23-21(14-18)24(22-16-31-12-9-27-22)25(29)28(23)20-6-10-30-11-7-20/h2-5,8,14-15,17,20,29H,6-7,9-13,16H2,1H3. The summed E-state index contributed by atoms with van der Waals surface area (Å²) in [6.07, 6.45) is 6.46. The van der Waals surface area contributed by atoms with Gasteiger partial charge in [0.05, 0.1) is 36.6 Å². The molecule has 2 aromatic heterocycles. The molecule has 4 heterocycles. The molecule has 2 aliphatic rings. The van der Waals surface area contributed by atoms with Crippen LogP contribution < -0.4 is 0 Å². The second-order valence-electron chi connectivity index (χ2n) is 8.54. The summed E-state index contributed by atoms with van der Waals surface area (Å²) in [6.45, 7) is 5.39. The third-order valence-corrected chi connectivity index (χ3v) is 6.46. The van der Waals surface area contributed by atoms with Gasteiger partial charge in [0.1, 0.15) is 0 Å². The average molecular weight is 420 g/mol. The molecule has 5 rings (SSSR count). The molecule has 0 spiro atoms. The number of hydrogen-bond donors (Lipinski definition) is 1. The molecule has 162 valence electrons. The summed E-state index contributed by atoms with van der Waals surface area (Å²) in [4.78, 5) is 8.96. The Morgan fingerprint density at radius 2 is 2.03 bits per heavy atom. The first-order valence-corrected chi connectivity index (χ1v) is 11.2. The van der Waals surface area contributed by atoms with Crippen molar-refractivity contribution in [3.63, 3.8) is 0 Å². The molecule has 2 aliphatic heterocycles. The van der Waals surface area contributed by atoms with Gasteiger partial charge in [-0.25, -0.2) is 0 Å². The maximum atomic E-state index is 11.3. The first kappa shape index (κ1) is 20.2. The molecule has 1 aromatic carbocycles. The lowest BCUT2D eigenvalue weighted by atomic mass is 9.94. The zero-order chi connectivity index (χ0) is 21.2. The number of pyridine rings is 1. The van der Waals surface area contributed by atoms with Crippen molar-refractivity contribution in [1.29, 1.82) is 0 Å². The zero-order valence-electron chi connectivity index (χ0n) is 18.0. The van der Waals surface area contributed by atoms with E-state index in [9.17, 15) is 5.11 Å². The third-order valence-electron chi connectivity index (χ3n) is 6.46. The number of aromatic nitrogens is 2. The van der Waals surface area contributed by atoms with Gasteiger partial charge in [0, 0.05) is 37.0 Å². The summed E-state index contributed by atoms with van der Waals surface area (Å²) in [5, 5.41) is 12.4. The van der Waals surface area contributed by atoms with Crippen LogP contribution in [0.25, 0.3) is 10.9 Å². The van der Waals surface area contributed by atoms with Crippen LogP contribution in [0.5, 0.6) is 5.88 Å². The van der Waals surface area contributed by atoms with E-state index in [1.165, 1.54) is 11.1 Å². The lowest BCUT2D eigenvalue weighted by Crippen LogP contribution is -2.20. The third kappa shape index (κ3) is 3.98. The van der Waals surface area contributed by atoms with Crippen molar-refractivity contribution in [2.45, 2.75) is 38.1 Å². The van der Waals surface area contributed by atoms with Crippen LogP contribution in [0.3, 0.4) is 0 Å². The van der Waals surface area contributed by atoms with Crippen molar-refractivity contribution in [3.05, 3.63) is 59.4 Å². The lowest BCUT2D eigenvalue weighted by Gasteiger charge is -2.25. The highest BCUT2D eigenvalue weighted by molar-refractivity contribution is 6.14. The van der Waals surface area contributed by atoms with Gasteiger partial charge in [-0.2, -0.15) is 0 Å². The van der Waals surface area contributed by atoms with Crippen molar-refractivity contribution in [2.75, 3.05) is 33.0 Å². The van der Waals surface area contributed by atoms with E-state index in [0.29, 0.717) is 31.6 Å². The Labute approximate surface area is 182 Å². The van der Waals surface area contributed by atoms with E-state index in [0.717, 1.165) is 54.7 Å². The van der Waals surface area contributed by atoms with E-state index >= 15 is 0 Å². The van der Waals surface area contributed by atoms with Crippen LogP contribution in [0, 0.1) is 0 Å². The second kappa shape index (κ2) is 8.81. The lowest BCUT2D eigenvalue weighted by molar-refractivity contribution is 0.0688. The van der Waals surface area contributed by atoms with Gasteiger partial charge in [-0.1, -0.05) is 19.1 Å². The van der Waals surface area contributed by atoms with Gasteiger partial charge in [-0.15, -0.1) is 0 Å². The molecule has 1 unspecified atom stereocenters. The van der Waals surface area contributed by atoms with Crippen LogP contribution in [-0.2, 0) is 15.9 Å². The fourth-order valence-electron chi connectivity index (χ4n) is 4.82. The predicted octanol–water partition coefficient (Wildman–Crippen LogP) is 4.26. The summed E-state index contributed by atoms with van der Waals surface area (Å²) in [5.41, 5.74) is 5.21. The van der Waals surface area contributed by atoms with E-state index in [2.05, 4.69) is 40.7 Å². The molecule has 1 atom stereocenters. The smallest absolute Gasteiger partial charge is 0.201 e. The van der Waals surface area contributed by atoms with Gasteiger partial charge in [0.15, 0.2) is 0 Å². The average Bonchev–Trinajstić information content (AvgIpc) is 3.11. The molecule has 0 amide bonds. The summed E-state index contributed by atoms with van der Waals surface area (Å²) in [5.74, 6) is 0.666. The van der Waals surface area contributed by atoms with Crippen LogP contribution >= 0.6 is 0 Å². The number of fused-ring (bicyclic) bond motifs is 1. The van der Waals surface area contributed by atoms with Gasteiger partial charge in [-0.05, 0) is 54.5 Å². The highest BCUT2D eigenvalue weighted by Gasteiger charge is 2.27. The topological polar surface area (TPSA) is 68.9 Å². The van der Waals surface area contributed by atoms with Gasteiger partial charge >= 0.3 is 0 Å². The number of aromatic hydroxyl groups is 1. The molecule has 0 bridgehead atoms. The molecule has 6 nitrogen and oxygen atoms in total. The minimum Gasteiger partial charge on any atom is -0.494 e. The maximum absolute atomic E-state index is 11.3. The van der Waals surface area contributed by atoms with Gasteiger partial charge in [-0.3, -0.25) is 9.98 Å². The minimum absolute atomic E-state index is 0.232. The van der Waals surface area contributed by atoms with Gasteiger partial charge in [0.2, 0.25) is 5.88 Å². The quantitative estimate of drug-likeness (QED) is 0.671. The monoisotopic (exact) mass is 419 g/mol. The Hall–Kier alpha value is -2.70. The number of benzene rings is 1. The molecular weight excluding hydrogens is 390 g/mol. The SMILES string of the molecule is CC(Cc1ccc2c(c1)c(C1=NCCOC1)c(O)n2C1CCOCC1)c1cccnc1. The van der Waals surface area contributed by atoms with E-state index in [1.54, 1.807) is 0 Å². The fraction of sp³-hybridized carbons (Fsp3) is 0.440. The van der Waals surface area contributed by atoms with Crippen LogP contribution in [0.1, 0.15) is 48.4 Å². The molecule has 1 fully saturated rings. The van der Waals surface area contributed by atoms with Gasteiger partial charge < -0.3 is 19.1 Å². The Morgan fingerprint density at radius 3 is 2.77 bits per heavy atom. The first-order chi connectivity index (χ1) is 15.2. The zero-order valence-corrected chi connectivity index (χ0v) is 18.0. The summed E-state index contributed by atoms with van der Waals surface area (Å²) in [6, 6.07) is 10.9. The van der Waals surface area contributed by atoms with Crippen molar-refractivity contribution in [3.8, 4) is 5.88 Å². The van der Waals surface area contributed by atoms with Crippen LogP contribution in [0.4, 0.5) is 0 Å². The Balaban J connectivity index is 1.58. The normalized spacial score (nSPS) is 18.8. The Kier molecular flexibility index (Phi) is 5.74. The molecule has 0 radical (unpaired) electrons. The predicted molar refractivity (Wildman–Crippen MR) is 121 cm³/mol. The van der Waals surface area contributed by atoms with E-state index < -0.39 is 0 Å². The summed E-state index contributed by atoms with van der Waals surface area (Å²) >= 11 is 0. The number of nitrogens with zero attached hydrogens (tertiary/aromatic N) is 3. The fourth-order valence-corrected chi connectivity index (χ4v) is 4.82. The second-order valence-corrected chi connectivity index (χ2v) is 8.54. The first-order valence-electron chi connectivity index (χ1n) is 11.2. The van der Waals surface area contributed by atoms with E-state index in [4.69, 9.17) is 14.5 Å². The molecule has 0 aliphatic carbocycles. The van der Waals surface area contributed by atoms with Crippen molar-refractivity contribution < 1.29 is 14.6 Å². The maximum Gasteiger partial charge on any atom is 0.201 e. The van der Waals surface area contributed by atoms with Gasteiger partial charge in [0.25, 0.3) is 0 Å². The Morgan fingerprint density at radius 1 is 1.16 bits per heavy atom. The number of hydrogen-bond acceptors (Lipinski definition) is 5. The molecule has 31 heavy (non-hydrogen) atoms. The van der Waals surface area contributed by atoms with Crippen LogP contribution in [0.15, 0.2) is 47.7 Å². The molecule has 0 saturated carbocycles. The van der Waals surface area contributed by atoms with Crippen molar-refractivity contribution in [2.24, 2.45) is 4.99 Å². The molecule has 6 heteroatoms. The van der Waals surface area contributed by atoms with E-state index in [-0.39, 0.29) is 6.04 Å². The van der Waals surface area contributed by atoms with Crippen LogP contribution in [0.2, 0.25) is 0 Å². The molecule has 1 N–H and O–H groups in total. The molecule has 1 saturated heterocycles. The molecular formula is C25H29N3O3. The van der Waals surface area contributed by atoms with E-state index in [1.807, 2.05) is 18.5 Å². The number of aliphatic imine (C=N–C) groups is 1. The highest BCUT2D eigenvalue weighted by Crippen LogP contribution is 2.39. The summed E-state index contributed by atoms with van der Waals surface area (Å²) < 4.78 is 13.3. The largest absolute Gasteiger partial charge is 0.494 e. The highest BCUT2D eigenvalue weighted by atomic mass is 16.5. The van der Waals surface area contributed by atoms with Crippen molar-refractivity contribution in [1.82, 2.24) is 9.55 Å². The minimum atomic E-state index is 0.232. The number of ether oxygens (including phenoxy) is 2. The number of rotatable bonds is 5. The Bertz CT molecular complexity index is 1080. The van der Waals surface area contributed by atoms with Crippen molar-refractivity contribution >= 4 is 16.6 Å². The molecule has 3 aromatic rings. The summed E-state index contributed by atoms with van der Waals surface area (Å²) in [7, 11) is 0. The van der Waals surface area contributed by atoms with Crippen LogP contribution in [-0.4, -0.2) is 53.3 Å².